The van der Waals surface area contributed by atoms with E-state index >= 15 is 0 Å². The molecule has 0 saturated carbocycles. The first kappa shape index (κ1) is 19.6. The highest BCUT2D eigenvalue weighted by Gasteiger charge is 2.58. The summed E-state index contributed by atoms with van der Waals surface area (Å²) in [5, 5.41) is 3.17. The summed E-state index contributed by atoms with van der Waals surface area (Å²) in [7, 11) is 0. The zero-order valence-electron chi connectivity index (χ0n) is 18.3. The fourth-order valence-electron chi connectivity index (χ4n) is 5.66. The first-order valence-corrected chi connectivity index (χ1v) is 12.3. The monoisotopic (exact) mass is 459 g/mol. The number of rotatable bonds is 3. The van der Waals surface area contributed by atoms with Crippen molar-refractivity contribution in [3.05, 3.63) is 131 Å². The van der Waals surface area contributed by atoms with Gasteiger partial charge in [0.15, 0.2) is 0 Å². The summed E-state index contributed by atoms with van der Waals surface area (Å²) in [5.74, 6) is 0.916. The van der Waals surface area contributed by atoms with Crippen LogP contribution in [-0.2, 0) is 10.2 Å². The minimum absolute atomic E-state index is 0.0692. The highest BCUT2D eigenvalue weighted by Crippen LogP contribution is 2.56. The van der Waals surface area contributed by atoms with Crippen molar-refractivity contribution in [2.45, 2.75) is 11.5 Å². The summed E-state index contributed by atoms with van der Waals surface area (Å²) in [6, 6.07) is 34.9. The molecule has 0 bridgehead atoms. The molecule has 5 aromatic rings. The van der Waals surface area contributed by atoms with Crippen LogP contribution in [-0.4, -0.2) is 12.5 Å². The lowest BCUT2D eigenvalue weighted by Crippen LogP contribution is -2.44. The second kappa shape index (κ2) is 7.31. The van der Waals surface area contributed by atoms with Gasteiger partial charge in [0.2, 0.25) is 5.91 Å². The van der Waals surface area contributed by atoms with Crippen LogP contribution < -0.4 is 9.64 Å². The average molecular weight is 460 g/mol. The molecule has 164 valence electrons. The van der Waals surface area contributed by atoms with Crippen molar-refractivity contribution < 1.29 is 9.53 Å². The number of ether oxygens (including phenoxy) is 1. The molecule has 0 fully saturated rings. The van der Waals surface area contributed by atoms with E-state index in [-0.39, 0.29) is 11.9 Å². The van der Waals surface area contributed by atoms with Gasteiger partial charge in [0.1, 0.15) is 17.8 Å². The second-order valence-corrected chi connectivity index (χ2v) is 9.83. The number of nitrogens with zero attached hydrogens (tertiary/aromatic N) is 1. The number of anilines is 1. The molecule has 34 heavy (non-hydrogen) atoms. The van der Waals surface area contributed by atoms with Crippen LogP contribution in [0.15, 0.2) is 109 Å². The van der Waals surface area contributed by atoms with Crippen LogP contribution in [0.5, 0.6) is 5.75 Å². The van der Waals surface area contributed by atoms with Crippen molar-refractivity contribution in [3.8, 4) is 5.75 Å². The predicted octanol–water partition coefficient (Wildman–Crippen LogP) is 6.72. The third-order valence-electron chi connectivity index (χ3n) is 7.17. The Morgan fingerprint density at radius 1 is 0.765 bits per heavy atom. The average Bonchev–Trinajstić information content (AvgIpc) is 3.58. The summed E-state index contributed by atoms with van der Waals surface area (Å²) in [6.45, 7) is 0.319. The SMILES string of the molecule is O=C1N(C(c2ccccc2)c2ccccc2)c2ccccc2C12COc1c2ccc2sccc12. The number of hydrogen-bond donors (Lipinski definition) is 0. The molecule has 1 atom stereocenters. The van der Waals surface area contributed by atoms with E-state index < -0.39 is 5.41 Å². The first-order valence-electron chi connectivity index (χ1n) is 11.5. The van der Waals surface area contributed by atoms with Gasteiger partial charge in [0, 0.05) is 21.3 Å². The molecule has 1 amide bonds. The number of hydrogen-bond acceptors (Lipinski definition) is 3. The fraction of sp³-hybridized carbons (Fsp3) is 0.100. The maximum absolute atomic E-state index is 14.7. The molecule has 4 aromatic carbocycles. The van der Waals surface area contributed by atoms with Crippen LogP contribution in [0, 0.1) is 0 Å². The van der Waals surface area contributed by atoms with Crippen molar-refractivity contribution in [1.82, 2.24) is 0 Å². The molecule has 3 nitrogen and oxygen atoms in total. The van der Waals surface area contributed by atoms with Crippen molar-refractivity contribution >= 4 is 33.0 Å². The molecular formula is C30H21NO2S. The van der Waals surface area contributed by atoms with Gasteiger partial charge >= 0.3 is 0 Å². The van der Waals surface area contributed by atoms with Gasteiger partial charge < -0.3 is 4.74 Å². The van der Waals surface area contributed by atoms with Gasteiger partial charge in [-0.15, -0.1) is 11.3 Å². The van der Waals surface area contributed by atoms with E-state index in [1.807, 2.05) is 53.4 Å². The number of amides is 1. The van der Waals surface area contributed by atoms with Gasteiger partial charge in [-0.2, -0.15) is 0 Å². The molecule has 2 aliphatic rings. The van der Waals surface area contributed by atoms with E-state index in [0.29, 0.717) is 6.61 Å². The van der Waals surface area contributed by atoms with Gasteiger partial charge in [-0.3, -0.25) is 9.69 Å². The van der Waals surface area contributed by atoms with Gasteiger partial charge in [-0.05, 0) is 40.3 Å². The van der Waals surface area contributed by atoms with Crippen molar-refractivity contribution in [1.29, 1.82) is 0 Å². The number of carbonyl (C=O) groups excluding carboxylic acids is 1. The smallest absolute Gasteiger partial charge is 0.246 e. The quantitative estimate of drug-likeness (QED) is 0.300. The molecule has 7 rings (SSSR count). The summed E-state index contributed by atoms with van der Waals surface area (Å²) in [6.07, 6.45) is 0. The van der Waals surface area contributed by atoms with E-state index in [9.17, 15) is 4.79 Å². The highest BCUT2D eigenvalue weighted by molar-refractivity contribution is 7.17. The third-order valence-corrected chi connectivity index (χ3v) is 8.06. The minimum Gasteiger partial charge on any atom is -0.491 e. The highest BCUT2D eigenvalue weighted by atomic mass is 32.1. The van der Waals surface area contributed by atoms with Crippen LogP contribution in [0.2, 0.25) is 0 Å². The van der Waals surface area contributed by atoms with Crippen LogP contribution in [0.3, 0.4) is 0 Å². The topological polar surface area (TPSA) is 29.5 Å². The molecular weight excluding hydrogens is 438 g/mol. The zero-order chi connectivity index (χ0) is 22.7. The Hall–Kier alpha value is -3.89. The van der Waals surface area contributed by atoms with E-state index in [2.05, 4.69) is 60.0 Å². The Balaban J connectivity index is 1.48. The Morgan fingerprint density at radius 2 is 1.44 bits per heavy atom. The molecule has 0 saturated heterocycles. The lowest BCUT2D eigenvalue weighted by atomic mass is 9.77. The largest absolute Gasteiger partial charge is 0.491 e. The van der Waals surface area contributed by atoms with Crippen LogP contribution >= 0.6 is 11.3 Å². The Kier molecular flexibility index (Phi) is 4.20. The van der Waals surface area contributed by atoms with Gasteiger partial charge in [0.25, 0.3) is 0 Å². The van der Waals surface area contributed by atoms with E-state index in [1.54, 1.807) is 11.3 Å². The van der Waals surface area contributed by atoms with Crippen LogP contribution in [0.25, 0.3) is 10.1 Å². The summed E-state index contributed by atoms with van der Waals surface area (Å²) < 4.78 is 7.51. The van der Waals surface area contributed by atoms with Crippen molar-refractivity contribution in [2.24, 2.45) is 0 Å². The molecule has 1 unspecified atom stereocenters. The molecule has 0 aliphatic carbocycles. The second-order valence-electron chi connectivity index (χ2n) is 8.88. The van der Waals surface area contributed by atoms with Crippen LogP contribution in [0.1, 0.15) is 28.3 Å². The molecule has 2 aliphatic heterocycles. The summed E-state index contributed by atoms with van der Waals surface area (Å²) >= 11 is 1.70. The Bertz CT molecular complexity index is 1500. The van der Waals surface area contributed by atoms with Crippen molar-refractivity contribution in [3.63, 3.8) is 0 Å². The number of fused-ring (bicyclic) bond motifs is 6. The number of benzene rings is 4. The van der Waals surface area contributed by atoms with Gasteiger partial charge in [0.05, 0.1) is 6.04 Å². The van der Waals surface area contributed by atoms with Gasteiger partial charge in [-0.25, -0.2) is 0 Å². The Labute approximate surface area is 201 Å². The standard InChI is InChI=1S/C30H21NO2S/c32-29-30(19-33-28-22-17-18-34-26(22)16-15-24(28)30)23-13-7-8-14-25(23)31(29)27(20-9-3-1-4-10-20)21-11-5-2-6-12-21/h1-18,27H,19H2. The lowest BCUT2D eigenvalue weighted by Gasteiger charge is -2.31. The normalized spacial score (nSPS) is 18.5. The Morgan fingerprint density at radius 3 is 2.18 bits per heavy atom. The maximum Gasteiger partial charge on any atom is 0.246 e. The predicted molar refractivity (Wildman–Crippen MR) is 137 cm³/mol. The first-order chi connectivity index (χ1) is 16.8. The molecule has 1 spiro atoms. The minimum atomic E-state index is -0.843. The van der Waals surface area contributed by atoms with Crippen molar-refractivity contribution in [2.75, 3.05) is 11.5 Å². The zero-order valence-corrected chi connectivity index (χ0v) is 19.2. The molecule has 3 heterocycles. The number of carbonyl (C=O) groups is 1. The van der Waals surface area contributed by atoms with E-state index in [4.69, 9.17) is 4.74 Å². The molecule has 0 N–H and O–H groups in total. The molecule has 4 heteroatoms. The molecule has 0 radical (unpaired) electrons. The fourth-order valence-corrected chi connectivity index (χ4v) is 6.44. The van der Waals surface area contributed by atoms with Crippen LogP contribution in [0.4, 0.5) is 5.69 Å². The summed E-state index contributed by atoms with van der Waals surface area (Å²) in [4.78, 5) is 16.7. The number of thiophene rings is 1. The molecule has 1 aromatic heterocycles. The van der Waals surface area contributed by atoms with Gasteiger partial charge in [-0.1, -0.05) is 84.9 Å². The number of para-hydroxylation sites is 1. The third kappa shape index (κ3) is 2.54. The lowest BCUT2D eigenvalue weighted by molar-refractivity contribution is -0.122. The van der Waals surface area contributed by atoms with E-state index in [1.165, 1.54) is 4.70 Å². The van der Waals surface area contributed by atoms with E-state index in [0.717, 1.165) is 39.1 Å². The maximum atomic E-state index is 14.7. The summed E-state index contributed by atoms with van der Waals surface area (Å²) in [5.41, 5.74) is 4.27.